The molecule has 0 spiro atoms. The maximum absolute atomic E-state index is 12.2. The standard InChI is InChI=1S/C18H24N2O4/c1-20(11-10-16(21)22)18(24)15-8-6-13(7-9-15)12-19-17(23)14-4-2-3-5-14/h6-9,14H,2-5,10-12H2,1H3,(H,19,23)(H,21,22). The van der Waals surface area contributed by atoms with E-state index in [0.29, 0.717) is 12.1 Å². The topological polar surface area (TPSA) is 86.7 Å². The van der Waals surface area contributed by atoms with Crippen molar-refractivity contribution in [2.24, 2.45) is 5.92 Å². The smallest absolute Gasteiger partial charge is 0.305 e. The minimum Gasteiger partial charge on any atom is -0.481 e. The largest absolute Gasteiger partial charge is 0.481 e. The Morgan fingerprint density at radius 3 is 2.38 bits per heavy atom. The second kappa shape index (κ2) is 8.47. The third-order valence-electron chi connectivity index (χ3n) is 4.40. The number of carboxylic acid groups (broad SMARTS) is 1. The Morgan fingerprint density at radius 1 is 1.17 bits per heavy atom. The molecule has 0 aromatic heterocycles. The molecule has 0 radical (unpaired) electrons. The number of benzene rings is 1. The van der Waals surface area contributed by atoms with Crippen molar-refractivity contribution in [2.75, 3.05) is 13.6 Å². The highest BCUT2D eigenvalue weighted by atomic mass is 16.4. The molecule has 2 rings (SSSR count). The summed E-state index contributed by atoms with van der Waals surface area (Å²) in [4.78, 5) is 36.1. The van der Waals surface area contributed by atoms with Crippen molar-refractivity contribution >= 4 is 17.8 Å². The lowest BCUT2D eigenvalue weighted by Gasteiger charge is -2.16. The number of nitrogens with zero attached hydrogens (tertiary/aromatic N) is 1. The number of amides is 2. The quantitative estimate of drug-likeness (QED) is 0.800. The fourth-order valence-corrected chi connectivity index (χ4v) is 2.87. The van der Waals surface area contributed by atoms with E-state index in [0.717, 1.165) is 31.2 Å². The van der Waals surface area contributed by atoms with Gasteiger partial charge in [-0.3, -0.25) is 14.4 Å². The van der Waals surface area contributed by atoms with E-state index in [1.807, 2.05) is 12.1 Å². The van der Waals surface area contributed by atoms with Crippen LogP contribution in [0, 0.1) is 5.92 Å². The highest BCUT2D eigenvalue weighted by Crippen LogP contribution is 2.24. The second-order valence-electron chi connectivity index (χ2n) is 6.27. The summed E-state index contributed by atoms with van der Waals surface area (Å²) in [5.74, 6) is -0.879. The van der Waals surface area contributed by atoms with Crippen molar-refractivity contribution < 1.29 is 19.5 Å². The maximum Gasteiger partial charge on any atom is 0.305 e. The van der Waals surface area contributed by atoms with Crippen molar-refractivity contribution in [3.63, 3.8) is 0 Å². The molecule has 1 aliphatic carbocycles. The Hall–Kier alpha value is -2.37. The third kappa shape index (κ3) is 5.08. The average molecular weight is 332 g/mol. The van der Waals surface area contributed by atoms with Crippen LogP contribution in [0.5, 0.6) is 0 Å². The summed E-state index contributed by atoms with van der Waals surface area (Å²) in [7, 11) is 1.58. The van der Waals surface area contributed by atoms with Gasteiger partial charge in [-0.2, -0.15) is 0 Å². The predicted octanol–water partition coefficient (Wildman–Crippen LogP) is 2.04. The zero-order valence-corrected chi connectivity index (χ0v) is 14.0. The van der Waals surface area contributed by atoms with Crippen LogP contribution in [-0.4, -0.2) is 41.4 Å². The summed E-state index contributed by atoms with van der Waals surface area (Å²) >= 11 is 0. The van der Waals surface area contributed by atoms with Crippen LogP contribution < -0.4 is 5.32 Å². The Labute approximate surface area is 141 Å². The molecule has 1 aromatic carbocycles. The van der Waals surface area contributed by atoms with Gasteiger partial charge in [-0.15, -0.1) is 0 Å². The maximum atomic E-state index is 12.2. The van der Waals surface area contributed by atoms with Crippen LogP contribution in [0.1, 0.15) is 48.0 Å². The molecule has 1 aliphatic rings. The van der Waals surface area contributed by atoms with E-state index in [4.69, 9.17) is 5.11 Å². The first-order valence-electron chi connectivity index (χ1n) is 8.31. The summed E-state index contributed by atoms with van der Waals surface area (Å²) < 4.78 is 0. The fraction of sp³-hybridized carbons (Fsp3) is 0.500. The van der Waals surface area contributed by atoms with Gasteiger partial charge in [0.25, 0.3) is 5.91 Å². The van der Waals surface area contributed by atoms with E-state index in [-0.39, 0.29) is 30.7 Å². The molecule has 2 N–H and O–H groups in total. The summed E-state index contributed by atoms with van der Waals surface area (Å²) in [5, 5.41) is 11.6. The van der Waals surface area contributed by atoms with Crippen LogP contribution in [0.2, 0.25) is 0 Å². The van der Waals surface area contributed by atoms with Gasteiger partial charge in [0.1, 0.15) is 0 Å². The van der Waals surface area contributed by atoms with E-state index in [1.165, 1.54) is 4.90 Å². The second-order valence-corrected chi connectivity index (χ2v) is 6.27. The van der Waals surface area contributed by atoms with Crippen molar-refractivity contribution in [1.82, 2.24) is 10.2 Å². The normalized spacial score (nSPS) is 14.4. The van der Waals surface area contributed by atoms with Crippen LogP contribution in [0.15, 0.2) is 24.3 Å². The first-order chi connectivity index (χ1) is 11.5. The van der Waals surface area contributed by atoms with Gasteiger partial charge in [0.05, 0.1) is 6.42 Å². The molecule has 130 valence electrons. The molecule has 1 fully saturated rings. The monoisotopic (exact) mass is 332 g/mol. The van der Waals surface area contributed by atoms with E-state index in [1.54, 1.807) is 19.2 Å². The number of carboxylic acids is 1. The summed E-state index contributed by atoms with van der Waals surface area (Å²) in [6.45, 7) is 0.631. The van der Waals surface area contributed by atoms with Crippen molar-refractivity contribution in [3.05, 3.63) is 35.4 Å². The van der Waals surface area contributed by atoms with E-state index in [9.17, 15) is 14.4 Å². The minimum atomic E-state index is -0.928. The van der Waals surface area contributed by atoms with Crippen LogP contribution in [-0.2, 0) is 16.1 Å². The molecule has 0 heterocycles. The van der Waals surface area contributed by atoms with Crippen molar-refractivity contribution in [2.45, 2.75) is 38.6 Å². The Bertz CT molecular complexity index is 592. The molecule has 0 saturated heterocycles. The fourth-order valence-electron chi connectivity index (χ4n) is 2.87. The average Bonchev–Trinajstić information content (AvgIpc) is 3.12. The van der Waals surface area contributed by atoms with Crippen LogP contribution in [0.25, 0.3) is 0 Å². The number of hydrogen-bond donors (Lipinski definition) is 2. The summed E-state index contributed by atoms with van der Waals surface area (Å²) in [5.41, 5.74) is 1.44. The molecule has 2 amide bonds. The molecule has 6 nitrogen and oxygen atoms in total. The molecule has 0 aliphatic heterocycles. The molecular formula is C18H24N2O4. The van der Waals surface area contributed by atoms with Crippen LogP contribution in [0.4, 0.5) is 0 Å². The summed E-state index contributed by atoms with van der Waals surface area (Å²) in [6.07, 6.45) is 4.13. The van der Waals surface area contributed by atoms with Gasteiger partial charge in [0.2, 0.25) is 5.91 Å². The first kappa shape index (κ1) is 18.0. The number of carbonyl (C=O) groups is 3. The van der Waals surface area contributed by atoms with E-state index >= 15 is 0 Å². The van der Waals surface area contributed by atoms with Gasteiger partial charge in [0.15, 0.2) is 0 Å². The van der Waals surface area contributed by atoms with E-state index < -0.39 is 5.97 Å². The molecule has 0 atom stereocenters. The number of carbonyl (C=O) groups excluding carboxylic acids is 2. The zero-order chi connectivity index (χ0) is 17.5. The van der Waals surface area contributed by atoms with Gasteiger partial charge >= 0.3 is 5.97 Å². The molecule has 6 heteroatoms. The van der Waals surface area contributed by atoms with E-state index in [2.05, 4.69) is 5.32 Å². The SMILES string of the molecule is CN(CCC(=O)O)C(=O)c1ccc(CNC(=O)C2CCCC2)cc1. The highest BCUT2D eigenvalue weighted by Gasteiger charge is 2.22. The third-order valence-corrected chi connectivity index (χ3v) is 4.40. The molecule has 1 saturated carbocycles. The Balaban J connectivity index is 1.84. The molecule has 1 aromatic rings. The van der Waals surface area contributed by atoms with Gasteiger partial charge in [-0.05, 0) is 30.5 Å². The molecule has 24 heavy (non-hydrogen) atoms. The number of hydrogen-bond acceptors (Lipinski definition) is 3. The minimum absolute atomic E-state index is 0.0759. The van der Waals surface area contributed by atoms with Gasteiger partial charge in [-0.25, -0.2) is 0 Å². The predicted molar refractivity (Wildman–Crippen MR) is 89.5 cm³/mol. The lowest BCUT2D eigenvalue weighted by atomic mass is 10.1. The van der Waals surface area contributed by atoms with Gasteiger partial charge < -0.3 is 15.3 Å². The lowest BCUT2D eigenvalue weighted by molar-refractivity contribution is -0.137. The Morgan fingerprint density at radius 2 is 1.79 bits per heavy atom. The highest BCUT2D eigenvalue weighted by molar-refractivity contribution is 5.94. The number of aliphatic carboxylic acids is 1. The lowest BCUT2D eigenvalue weighted by Crippen LogP contribution is -2.29. The van der Waals surface area contributed by atoms with Gasteiger partial charge in [0, 0.05) is 31.6 Å². The van der Waals surface area contributed by atoms with Crippen molar-refractivity contribution in [3.8, 4) is 0 Å². The molecule has 0 bridgehead atoms. The van der Waals surface area contributed by atoms with Gasteiger partial charge in [-0.1, -0.05) is 25.0 Å². The molecular weight excluding hydrogens is 308 g/mol. The number of rotatable bonds is 7. The van der Waals surface area contributed by atoms with Crippen LogP contribution in [0.3, 0.4) is 0 Å². The van der Waals surface area contributed by atoms with Crippen molar-refractivity contribution in [1.29, 1.82) is 0 Å². The first-order valence-corrected chi connectivity index (χ1v) is 8.31. The number of nitrogens with one attached hydrogen (secondary N) is 1. The Kier molecular flexibility index (Phi) is 6.35. The molecule has 0 unspecified atom stereocenters. The summed E-state index contributed by atoms with van der Waals surface area (Å²) in [6, 6.07) is 7.04. The zero-order valence-electron chi connectivity index (χ0n) is 14.0. The van der Waals surface area contributed by atoms with Crippen LogP contribution >= 0.6 is 0 Å².